The SMILES string of the molecule is COCCNc1nc(Nc2ccc(C(=O)N3CCOCC3)c3c2OCCO3)nc2[nH]cc(C#N)c12. The number of methoxy groups -OCH3 is 1. The van der Waals surface area contributed by atoms with Crippen molar-refractivity contribution in [1.82, 2.24) is 19.9 Å². The van der Waals surface area contributed by atoms with Crippen LogP contribution in [0.2, 0.25) is 0 Å². The lowest BCUT2D eigenvalue weighted by Gasteiger charge is -2.29. The summed E-state index contributed by atoms with van der Waals surface area (Å²) >= 11 is 0. The topological polar surface area (TPSA) is 147 Å². The number of H-pyrrole nitrogens is 1. The highest BCUT2D eigenvalue weighted by Gasteiger charge is 2.28. The van der Waals surface area contributed by atoms with Gasteiger partial charge in [0.2, 0.25) is 5.95 Å². The van der Waals surface area contributed by atoms with Gasteiger partial charge in [0, 0.05) is 32.9 Å². The number of carbonyl (C=O) groups is 1. The minimum Gasteiger partial charge on any atom is -0.485 e. The van der Waals surface area contributed by atoms with Crippen LogP contribution in [0.3, 0.4) is 0 Å². The number of nitrogens with zero attached hydrogens (tertiary/aromatic N) is 4. The van der Waals surface area contributed by atoms with Gasteiger partial charge >= 0.3 is 0 Å². The Kier molecular flexibility index (Phi) is 6.51. The average Bonchev–Trinajstić information content (AvgIpc) is 3.32. The van der Waals surface area contributed by atoms with Crippen molar-refractivity contribution in [2.45, 2.75) is 0 Å². The molecule has 0 atom stereocenters. The van der Waals surface area contributed by atoms with Gasteiger partial charge in [0.15, 0.2) is 11.5 Å². The van der Waals surface area contributed by atoms with Crippen LogP contribution in [0, 0.1) is 11.3 Å². The Morgan fingerprint density at radius 1 is 1.20 bits per heavy atom. The van der Waals surface area contributed by atoms with E-state index in [4.69, 9.17) is 18.9 Å². The molecule has 0 saturated carbocycles. The Bertz CT molecular complexity index is 1280. The van der Waals surface area contributed by atoms with E-state index in [1.54, 1.807) is 30.3 Å². The molecule has 0 spiro atoms. The number of nitrogens with one attached hydrogen (secondary N) is 3. The highest BCUT2D eigenvalue weighted by atomic mass is 16.6. The second-order valence-corrected chi connectivity index (χ2v) is 7.90. The molecule has 0 unspecified atom stereocenters. The first-order chi connectivity index (χ1) is 17.2. The van der Waals surface area contributed by atoms with Gasteiger partial charge in [0.05, 0.1) is 42.0 Å². The fraction of sp³-hybridized carbons (Fsp3) is 0.391. The van der Waals surface area contributed by atoms with Gasteiger partial charge in [-0.1, -0.05) is 0 Å². The Morgan fingerprint density at radius 2 is 2.00 bits per heavy atom. The number of nitriles is 1. The van der Waals surface area contributed by atoms with Crippen LogP contribution in [0.5, 0.6) is 11.5 Å². The van der Waals surface area contributed by atoms with Crippen LogP contribution in [0.4, 0.5) is 17.5 Å². The number of amides is 1. The molecule has 1 amide bonds. The first-order valence-electron chi connectivity index (χ1n) is 11.3. The third kappa shape index (κ3) is 4.51. The van der Waals surface area contributed by atoms with Gasteiger partial charge in [-0.2, -0.15) is 15.2 Å². The van der Waals surface area contributed by atoms with E-state index in [1.165, 1.54) is 0 Å². The molecule has 4 heterocycles. The Balaban J connectivity index is 1.48. The maximum absolute atomic E-state index is 13.1. The molecule has 0 radical (unpaired) electrons. The highest BCUT2D eigenvalue weighted by Crippen LogP contribution is 2.42. The third-order valence-corrected chi connectivity index (χ3v) is 5.71. The van der Waals surface area contributed by atoms with Crippen LogP contribution in [-0.2, 0) is 9.47 Å². The number of hydrogen-bond donors (Lipinski definition) is 3. The standard InChI is InChI=1S/C23H25N7O5/c1-32-7-4-25-20-17-14(12-24)13-26-21(17)29-23(28-20)27-16-3-2-15(18-19(16)35-11-10-34-18)22(31)30-5-8-33-9-6-30/h2-3,13H,4-11H2,1H3,(H3,25,26,27,28,29). The molecule has 2 aromatic heterocycles. The van der Waals surface area contributed by atoms with Crippen molar-refractivity contribution in [1.29, 1.82) is 5.26 Å². The maximum atomic E-state index is 13.1. The van der Waals surface area contributed by atoms with Gasteiger partial charge in [-0.3, -0.25) is 4.79 Å². The normalized spacial score (nSPS) is 15.0. The lowest BCUT2D eigenvalue weighted by molar-refractivity contribution is 0.0298. The summed E-state index contributed by atoms with van der Waals surface area (Å²) in [7, 11) is 1.61. The zero-order valence-electron chi connectivity index (χ0n) is 19.2. The second-order valence-electron chi connectivity index (χ2n) is 7.90. The van der Waals surface area contributed by atoms with Crippen LogP contribution in [0.1, 0.15) is 15.9 Å². The van der Waals surface area contributed by atoms with Gasteiger partial charge < -0.3 is 39.5 Å². The molecular weight excluding hydrogens is 454 g/mol. The summed E-state index contributed by atoms with van der Waals surface area (Å²) in [6.07, 6.45) is 1.59. The summed E-state index contributed by atoms with van der Waals surface area (Å²) in [5, 5.41) is 16.4. The summed E-state index contributed by atoms with van der Waals surface area (Å²) in [4.78, 5) is 27.0. The molecular formula is C23H25N7O5. The lowest BCUT2D eigenvalue weighted by atomic mass is 10.1. The molecule has 3 aromatic rings. The summed E-state index contributed by atoms with van der Waals surface area (Å²) in [6, 6.07) is 5.62. The van der Waals surface area contributed by atoms with Crippen molar-refractivity contribution in [2.24, 2.45) is 0 Å². The second kappa shape index (κ2) is 10.0. The van der Waals surface area contributed by atoms with Gasteiger partial charge in [-0.25, -0.2) is 0 Å². The van der Waals surface area contributed by atoms with E-state index in [9.17, 15) is 10.1 Å². The summed E-state index contributed by atoms with van der Waals surface area (Å²) in [5.41, 5.74) is 1.94. The number of anilines is 3. The van der Waals surface area contributed by atoms with E-state index in [0.29, 0.717) is 97.8 Å². The molecule has 0 aliphatic carbocycles. The largest absolute Gasteiger partial charge is 0.485 e. The fourth-order valence-electron chi connectivity index (χ4n) is 4.04. The highest BCUT2D eigenvalue weighted by molar-refractivity contribution is 5.99. The van der Waals surface area contributed by atoms with E-state index in [0.717, 1.165) is 0 Å². The van der Waals surface area contributed by atoms with Gasteiger partial charge in [-0.05, 0) is 12.1 Å². The quantitative estimate of drug-likeness (QED) is 0.429. The first kappa shape index (κ1) is 22.7. The molecule has 5 rings (SSSR count). The predicted molar refractivity (Wildman–Crippen MR) is 126 cm³/mol. The molecule has 1 fully saturated rings. The predicted octanol–water partition coefficient (Wildman–Crippen LogP) is 1.88. The summed E-state index contributed by atoms with van der Waals surface area (Å²) < 4.78 is 22.2. The lowest BCUT2D eigenvalue weighted by Crippen LogP contribution is -2.41. The number of hydrogen-bond acceptors (Lipinski definition) is 10. The van der Waals surface area contributed by atoms with Crippen LogP contribution >= 0.6 is 0 Å². The Morgan fingerprint density at radius 3 is 2.77 bits per heavy atom. The van der Waals surface area contributed by atoms with E-state index in [-0.39, 0.29) is 11.9 Å². The van der Waals surface area contributed by atoms with E-state index in [2.05, 4.69) is 31.7 Å². The molecule has 35 heavy (non-hydrogen) atoms. The van der Waals surface area contributed by atoms with Crippen molar-refractivity contribution in [2.75, 3.05) is 70.4 Å². The number of carbonyl (C=O) groups excluding carboxylic acids is 1. The number of morpholine rings is 1. The van der Waals surface area contributed by atoms with Crippen molar-refractivity contribution in [3.63, 3.8) is 0 Å². The van der Waals surface area contributed by atoms with Crippen LogP contribution in [-0.4, -0.2) is 85.5 Å². The number of fused-ring (bicyclic) bond motifs is 2. The van der Waals surface area contributed by atoms with Crippen molar-refractivity contribution < 1.29 is 23.7 Å². The van der Waals surface area contributed by atoms with Crippen LogP contribution in [0.25, 0.3) is 11.0 Å². The maximum Gasteiger partial charge on any atom is 0.257 e. The molecule has 2 aliphatic rings. The van der Waals surface area contributed by atoms with Crippen molar-refractivity contribution >= 4 is 34.4 Å². The molecule has 1 aromatic carbocycles. The van der Waals surface area contributed by atoms with Crippen molar-refractivity contribution in [3.05, 3.63) is 29.5 Å². The number of aromatic nitrogens is 3. The first-order valence-corrected chi connectivity index (χ1v) is 11.3. The van der Waals surface area contributed by atoms with Gasteiger partial charge in [-0.15, -0.1) is 0 Å². The Hall–Kier alpha value is -4.08. The van der Waals surface area contributed by atoms with E-state index in [1.807, 2.05) is 0 Å². The Labute approximate surface area is 201 Å². The van der Waals surface area contributed by atoms with Gasteiger partial charge in [0.1, 0.15) is 30.7 Å². The smallest absolute Gasteiger partial charge is 0.257 e. The number of ether oxygens (including phenoxy) is 4. The number of aromatic amines is 1. The van der Waals surface area contributed by atoms with Crippen LogP contribution in [0.15, 0.2) is 18.3 Å². The van der Waals surface area contributed by atoms with Crippen LogP contribution < -0.4 is 20.1 Å². The molecule has 1 saturated heterocycles. The number of benzene rings is 1. The zero-order valence-corrected chi connectivity index (χ0v) is 19.2. The fourth-order valence-corrected chi connectivity index (χ4v) is 4.04. The van der Waals surface area contributed by atoms with Crippen molar-refractivity contribution in [3.8, 4) is 17.6 Å². The summed E-state index contributed by atoms with van der Waals surface area (Å²) in [5.74, 6) is 1.48. The summed E-state index contributed by atoms with van der Waals surface area (Å²) in [6.45, 7) is 3.75. The molecule has 12 heteroatoms. The average molecular weight is 479 g/mol. The molecule has 12 nitrogen and oxygen atoms in total. The van der Waals surface area contributed by atoms with E-state index < -0.39 is 0 Å². The third-order valence-electron chi connectivity index (χ3n) is 5.71. The number of rotatable bonds is 7. The monoisotopic (exact) mass is 479 g/mol. The van der Waals surface area contributed by atoms with E-state index >= 15 is 0 Å². The zero-order chi connectivity index (χ0) is 24.2. The van der Waals surface area contributed by atoms with Gasteiger partial charge in [0.25, 0.3) is 5.91 Å². The molecule has 3 N–H and O–H groups in total. The minimum absolute atomic E-state index is 0.126. The minimum atomic E-state index is -0.126. The molecule has 182 valence electrons. The molecule has 2 aliphatic heterocycles. The molecule has 0 bridgehead atoms.